The third-order valence-electron chi connectivity index (χ3n) is 3.90. The molecule has 0 bridgehead atoms. The van der Waals surface area contributed by atoms with Crippen LogP contribution in [-0.4, -0.2) is 35.2 Å². The van der Waals surface area contributed by atoms with Crippen molar-refractivity contribution in [1.29, 1.82) is 0 Å². The number of hydrogen-bond donors (Lipinski definition) is 1. The largest absolute Gasteiger partial charge is 0.305 e. The third kappa shape index (κ3) is 4.45. The lowest BCUT2D eigenvalue weighted by molar-refractivity contribution is 0.402. The number of aromatic nitrogens is 2. The number of benzene rings is 1. The highest BCUT2D eigenvalue weighted by Crippen LogP contribution is 2.35. The van der Waals surface area contributed by atoms with Crippen LogP contribution < -0.4 is 5.43 Å². The van der Waals surface area contributed by atoms with Crippen LogP contribution in [0.5, 0.6) is 0 Å². The normalized spacial score (nSPS) is 12.4. The molecule has 3 rings (SSSR count). The molecule has 0 saturated carbocycles. The minimum Gasteiger partial charge on any atom is -0.305 e. The first-order chi connectivity index (χ1) is 12.3. The predicted molar refractivity (Wildman–Crippen MR) is 111 cm³/mol. The lowest BCUT2D eigenvalue weighted by Gasteiger charge is -2.14. The molecule has 0 fully saturated rings. The van der Waals surface area contributed by atoms with Crippen LogP contribution in [-0.2, 0) is 12.0 Å². The van der Waals surface area contributed by atoms with Crippen molar-refractivity contribution in [3.05, 3.63) is 52.7 Å². The number of anilines is 1. The van der Waals surface area contributed by atoms with E-state index in [2.05, 4.69) is 84.5 Å². The summed E-state index contributed by atoms with van der Waals surface area (Å²) in [5, 5.41) is 5.39. The summed E-state index contributed by atoms with van der Waals surface area (Å²) in [6.45, 7) is 7.53. The SMILES string of the molecule is CN(C)Cc1cccc(C=NNc2ncnc3sc(C(C)(C)C)cc23)c1. The van der Waals surface area contributed by atoms with Gasteiger partial charge in [-0.05, 0) is 42.8 Å². The number of hydrazone groups is 1. The molecular weight excluding hydrogens is 342 g/mol. The molecule has 0 unspecified atom stereocenters. The molecule has 0 aliphatic rings. The number of fused-ring (bicyclic) bond motifs is 1. The van der Waals surface area contributed by atoms with E-state index in [-0.39, 0.29) is 5.41 Å². The average Bonchev–Trinajstić information content (AvgIpc) is 3.00. The Morgan fingerprint density at radius 1 is 1.19 bits per heavy atom. The number of rotatable bonds is 5. The molecule has 2 heterocycles. The van der Waals surface area contributed by atoms with Crippen LogP contribution in [0.15, 0.2) is 41.8 Å². The van der Waals surface area contributed by atoms with Crippen molar-refractivity contribution >= 4 is 33.6 Å². The molecule has 26 heavy (non-hydrogen) atoms. The Morgan fingerprint density at radius 2 is 2.00 bits per heavy atom. The first-order valence-corrected chi connectivity index (χ1v) is 9.42. The third-order valence-corrected chi connectivity index (χ3v) is 5.37. The average molecular weight is 368 g/mol. The molecule has 136 valence electrons. The van der Waals surface area contributed by atoms with Gasteiger partial charge in [-0.25, -0.2) is 9.97 Å². The van der Waals surface area contributed by atoms with Crippen molar-refractivity contribution in [3.63, 3.8) is 0 Å². The van der Waals surface area contributed by atoms with Crippen molar-refractivity contribution in [2.75, 3.05) is 19.5 Å². The summed E-state index contributed by atoms with van der Waals surface area (Å²) < 4.78 is 0. The molecule has 6 heteroatoms. The molecule has 0 radical (unpaired) electrons. The van der Waals surface area contributed by atoms with Crippen molar-refractivity contribution in [2.24, 2.45) is 5.10 Å². The van der Waals surface area contributed by atoms with Gasteiger partial charge in [0.1, 0.15) is 11.2 Å². The standard InChI is InChI=1S/C20H25N5S/c1-20(2,3)17-10-16-18(21-13-22-19(16)26-17)24-23-11-14-7-6-8-15(9-14)12-25(4)5/h6-11,13H,12H2,1-5H3,(H,21,22,24). The maximum Gasteiger partial charge on any atom is 0.158 e. The lowest BCUT2D eigenvalue weighted by Crippen LogP contribution is -2.10. The van der Waals surface area contributed by atoms with Crippen molar-refractivity contribution in [1.82, 2.24) is 14.9 Å². The van der Waals surface area contributed by atoms with Gasteiger partial charge in [-0.3, -0.25) is 5.43 Å². The van der Waals surface area contributed by atoms with Gasteiger partial charge in [0, 0.05) is 11.4 Å². The second-order valence-corrected chi connectivity index (χ2v) is 8.69. The van der Waals surface area contributed by atoms with E-state index in [0.717, 1.165) is 28.1 Å². The molecule has 1 N–H and O–H groups in total. The summed E-state index contributed by atoms with van der Waals surface area (Å²) in [6.07, 6.45) is 3.41. The number of nitrogens with one attached hydrogen (secondary N) is 1. The second kappa shape index (κ2) is 7.51. The molecule has 0 spiro atoms. The summed E-state index contributed by atoms with van der Waals surface area (Å²) >= 11 is 1.71. The fraction of sp³-hybridized carbons (Fsp3) is 0.350. The zero-order chi connectivity index (χ0) is 18.7. The van der Waals surface area contributed by atoms with Gasteiger partial charge in [0.2, 0.25) is 0 Å². The number of nitrogens with zero attached hydrogens (tertiary/aromatic N) is 4. The maximum absolute atomic E-state index is 4.39. The Labute approximate surface area is 158 Å². The molecule has 0 saturated heterocycles. The van der Waals surface area contributed by atoms with Gasteiger partial charge in [0.25, 0.3) is 0 Å². The van der Waals surface area contributed by atoms with Crippen LogP contribution in [0.3, 0.4) is 0 Å². The van der Waals surface area contributed by atoms with Gasteiger partial charge >= 0.3 is 0 Å². The minimum absolute atomic E-state index is 0.0960. The van der Waals surface area contributed by atoms with E-state index < -0.39 is 0 Å². The highest BCUT2D eigenvalue weighted by atomic mass is 32.1. The minimum atomic E-state index is 0.0960. The zero-order valence-corrected chi connectivity index (χ0v) is 16.8. The summed E-state index contributed by atoms with van der Waals surface area (Å²) in [6, 6.07) is 10.5. The van der Waals surface area contributed by atoms with E-state index in [9.17, 15) is 0 Å². The van der Waals surface area contributed by atoms with Gasteiger partial charge in [-0.15, -0.1) is 11.3 Å². The van der Waals surface area contributed by atoms with Crippen LogP contribution in [0.4, 0.5) is 5.82 Å². The zero-order valence-electron chi connectivity index (χ0n) is 15.9. The Kier molecular flexibility index (Phi) is 5.34. The van der Waals surface area contributed by atoms with Crippen molar-refractivity contribution in [2.45, 2.75) is 32.7 Å². The first kappa shape index (κ1) is 18.5. The topological polar surface area (TPSA) is 53.4 Å². The summed E-state index contributed by atoms with van der Waals surface area (Å²) in [4.78, 5) is 13.2. The van der Waals surface area contributed by atoms with E-state index in [1.807, 2.05) is 12.3 Å². The molecule has 2 aromatic heterocycles. The Balaban J connectivity index is 1.79. The van der Waals surface area contributed by atoms with Crippen LogP contribution >= 0.6 is 11.3 Å². The Hall–Kier alpha value is -2.31. The number of thiophene rings is 1. The number of hydrogen-bond acceptors (Lipinski definition) is 6. The summed E-state index contributed by atoms with van der Waals surface area (Å²) in [5.74, 6) is 0.738. The van der Waals surface area contributed by atoms with E-state index in [0.29, 0.717) is 0 Å². The quantitative estimate of drug-likeness (QED) is 0.533. The van der Waals surface area contributed by atoms with Gasteiger partial charge in [-0.1, -0.05) is 39.0 Å². The molecule has 0 aliphatic carbocycles. The predicted octanol–water partition coefficient (Wildman–Crippen LogP) is 4.50. The van der Waals surface area contributed by atoms with Crippen LogP contribution in [0.1, 0.15) is 36.8 Å². The van der Waals surface area contributed by atoms with Crippen LogP contribution in [0, 0.1) is 0 Å². The van der Waals surface area contributed by atoms with E-state index in [1.165, 1.54) is 10.4 Å². The molecule has 0 atom stereocenters. The van der Waals surface area contributed by atoms with Gasteiger partial charge in [-0.2, -0.15) is 5.10 Å². The lowest BCUT2D eigenvalue weighted by atomic mass is 9.94. The molecular formula is C20H25N5S. The molecule has 1 aromatic carbocycles. The van der Waals surface area contributed by atoms with E-state index >= 15 is 0 Å². The summed E-state index contributed by atoms with van der Waals surface area (Å²) in [7, 11) is 4.13. The molecule has 0 aliphatic heterocycles. The molecule has 5 nitrogen and oxygen atoms in total. The Bertz CT molecular complexity index is 921. The highest BCUT2D eigenvalue weighted by Gasteiger charge is 2.18. The second-order valence-electron chi connectivity index (χ2n) is 7.65. The maximum atomic E-state index is 4.39. The van der Waals surface area contributed by atoms with Crippen molar-refractivity contribution < 1.29 is 0 Å². The molecule has 0 amide bonds. The monoisotopic (exact) mass is 367 g/mol. The van der Waals surface area contributed by atoms with Gasteiger partial charge in [0.05, 0.1) is 11.6 Å². The highest BCUT2D eigenvalue weighted by molar-refractivity contribution is 7.18. The summed E-state index contributed by atoms with van der Waals surface area (Å²) in [5.41, 5.74) is 5.49. The smallest absolute Gasteiger partial charge is 0.158 e. The van der Waals surface area contributed by atoms with Crippen LogP contribution in [0.2, 0.25) is 0 Å². The first-order valence-electron chi connectivity index (χ1n) is 8.61. The fourth-order valence-electron chi connectivity index (χ4n) is 2.62. The molecule has 3 aromatic rings. The van der Waals surface area contributed by atoms with Crippen LogP contribution in [0.25, 0.3) is 10.2 Å². The fourth-order valence-corrected chi connectivity index (χ4v) is 3.68. The van der Waals surface area contributed by atoms with E-state index in [4.69, 9.17) is 0 Å². The van der Waals surface area contributed by atoms with Gasteiger partial charge in [0.15, 0.2) is 5.82 Å². The van der Waals surface area contributed by atoms with Gasteiger partial charge < -0.3 is 4.90 Å². The Morgan fingerprint density at radius 3 is 2.73 bits per heavy atom. The van der Waals surface area contributed by atoms with E-state index in [1.54, 1.807) is 17.7 Å². The van der Waals surface area contributed by atoms with Crippen molar-refractivity contribution in [3.8, 4) is 0 Å².